The third-order valence-electron chi connectivity index (χ3n) is 3.92. The van der Waals surface area contributed by atoms with Crippen LogP contribution >= 0.6 is 0 Å². The van der Waals surface area contributed by atoms with E-state index in [1.54, 1.807) is 0 Å². The first-order valence-corrected chi connectivity index (χ1v) is 6.90. The van der Waals surface area contributed by atoms with E-state index in [0.717, 1.165) is 19.6 Å². The van der Waals surface area contributed by atoms with Gasteiger partial charge in [0.2, 0.25) is 0 Å². The molecule has 0 radical (unpaired) electrons. The maximum absolute atomic E-state index is 6.31. The first-order chi connectivity index (χ1) is 9.33. The highest BCUT2D eigenvalue weighted by molar-refractivity contribution is 5.24. The Hall–Kier alpha value is -1.64. The summed E-state index contributed by atoms with van der Waals surface area (Å²) in [4.78, 5) is 2.46. The fourth-order valence-electron chi connectivity index (χ4n) is 2.94. The molecule has 19 heavy (non-hydrogen) atoms. The molecule has 2 aromatic carbocycles. The van der Waals surface area contributed by atoms with E-state index in [-0.39, 0.29) is 6.04 Å². The average molecular weight is 252 g/mol. The maximum Gasteiger partial charge on any atom is 0.0250 e. The van der Waals surface area contributed by atoms with Gasteiger partial charge in [-0.15, -0.1) is 0 Å². The van der Waals surface area contributed by atoms with Gasteiger partial charge in [0.15, 0.2) is 0 Å². The molecular formula is C17H20N2. The molecule has 0 unspecified atom stereocenters. The molecule has 2 atom stereocenters. The second-order valence-corrected chi connectivity index (χ2v) is 5.36. The van der Waals surface area contributed by atoms with Crippen molar-refractivity contribution in [2.75, 3.05) is 13.1 Å². The largest absolute Gasteiger partial charge is 0.326 e. The third kappa shape index (κ3) is 2.86. The molecule has 1 aliphatic heterocycles. The minimum absolute atomic E-state index is 0.242. The summed E-state index contributed by atoms with van der Waals surface area (Å²) in [5.41, 5.74) is 9.04. The lowest BCUT2D eigenvalue weighted by atomic mass is 9.95. The normalized spacial score (nSPS) is 23.6. The predicted molar refractivity (Wildman–Crippen MR) is 78.9 cm³/mol. The highest BCUT2D eigenvalue weighted by Gasteiger charge is 2.30. The molecule has 0 aromatic heterocycles. The van der Waals surface area contributed by atoms with E-state index in [0.29, 0.717) is 5.92 Å². The van der Waals surface area contributed by atoms with Crippen molar-refractivity contribution in [3.05, 3.63) is 71.8 Å². The van der Waals surface area contributed by atoms with Crippen LogP contribution in [0.3, 0.4) is 0 Å². The van der Waals surface area contributed by atoms with Crippen molar-refractivity contribution in [3.63, 3.8) is 0 Å². The molecule has 1 heterocycles. The fourth-order valence-corrected chi connectivity index (χ4v) is 2.94. The molecule has 2 heteroatoms. The molecule has 2 aromatic rings. The first kappa shape index (κ1) is 12.4. The molecule has 98 valence electrons. The molecule has 1 aliphatic rings. The van der Waals surface area contributed by atoms with E-state index in [1.807, 2.05) is 0 Å². The van der Waals surface area contributed by atoms with Gasteiger partial charge in [-0.2, -0.15) is 0 Å². The summed E-state index contributed by atoms with van der Waals surface area (Å²) in [6.45, 7) is 3.03. The lowest BCUT2D eigenvalue weighted by Crippen LogP contribution is -2.28. The van der Waals surface area contributed by atoms with E-state index in [1.165, 1.54) is 11.1 Å². The van der Waals surface area contributed by atoms with Gasteiger partial charge < -0.3 is 5.73 Å². The van der Waals surface area contributed by atoms with Crippen LogP contribution in [0.5, 0.6) is 0 Å². The van der Waals surface area contributed by atoms with Crippen LogP contribution in [0.4, 0.5) is 0 Å². The summed E-state index contributed by atoms with van der Waals surface area (Å²) in [6.07, 6.45) is 0. The van der Waals surface area contributed by atoms with Crippen molar-refractivity contribution < 1.29 is 0 Å². The summed E-state index contributed by atoms with van der Waals surface area (Å²) in [5.74, 6) is 0.463. The molecule has 1 saturated heterocycles. The number of likely N-dealkylation sites (tertiary alicyclic amines) is 1. The molecule has 0 aliphatic carbocycles. The molecule has 0 amide bonds. The van der Waals surface area contributed by atoms with Gasteiger partial charge in [0, 0.05) is 31.6 Å². The molecule has 0 bridgehead atoms. The monoisotopic (exact) mass is 252 g/mol. The molecular weight excluding hydrogens is 232 g/mol. The Bertz CT molecular complexity index is 509. The van der Waals surface area contributed by atoms with Crippen LogP contribution in [-0.2, 0) is 6.54 Å². The molecule has 2 nitrogen and oxygen atoms in total. The number of nitrogens with zero attached hydrogens (tertiary/aromatic N) is 1. The number of hydrogen-bond donors (Lipinski definition) is 1. The number of rotatable bonds is 3. The lowest BCUT2D eigenvalue weighted by Gasteiger charge is -2.16. The summed E-state index contributed by atoms with van der Waals surface area (Å²) < 4.78 is 0. The van der Waals surface area contributed by atoms with Crippen LogP contribution in [-0.4, -0.2) is 24.0 Å². The van der Waals surface area contributed by atoms with Crippen LogP contribution in [0.15, 0.2) is 60.7 Å². The van der Waals surface area contributed by atoms with Crippen LogP contribution < -0.4 is 5.73 Å². The lowest BCUT2D eigenvalue weighted by molar-refractivity contribution is 0.324. The van der Waals surface area contributed by atoms with Gasteiger partial charge in [0.25, 0.3) is 0 Å². The fraction of sp³-hybridized carbons (Fsp3) is 0.294. The van der Waals surface area contributed by atoms with E-state index in [2.05, 4.69) is 65.6 Å². The standard InChI is InChI=1S/C17H20N2/c18-17-13-19(11-14-7-3-1-4-8-14)12-16(17)15-9-5-2-6-10-15/h1-10,16-17H,11-13,18H2/t16-,17+/m1/s1. The summed E-state index contributed by atoms with van der Waals surface area (Å²) in [7, 11) is 0. The SMILES string of the molecule is N[C@H]1CN(Cc2ccccc2)C[C@@H]1c1ccccc1. The van der Waals surface area contributed by atoms with E-state index >= 15 is 0 Å². The average Bonchev–Trinajstić information content (AvgIpc) is 2.82. The first-order valence-electron chi connectivity index (χ1n) is 6.90. The zero-order valence-electron chi connectivity index (χ0n) is 11.1. The highest BCUT2D eigenvalue weighted by atomic mass is 15.2. The van der Waals surface area contributed by atoms with Crippen LogP contribution in [0, 0.1) is 0 Å². The quantitative estimate of drug-likeness (QED) is 0.910. The number of benzene rings is 2. The number of hydrogen-bond acceptors (Lipinski definition) is 2. The van der Waals surface area contributed by atoms with Gasteiger partial charge in [-0.05, 0) is 11.1 Å². The summed E-state index contributed by atoms with van der Waals surface area (Å²) in [6, 6.07) is 21.5. The Morgan fingerprint density at radius 1 is 0.895 bits per heavy atom. The third-order valence-corrected chi connectivity index (χ3v) is 3.92. The molecule has 2 N–H and O–H groups in total. The van der Waals surface area contributed by atoms with Crippen molar-refractivity contribution in [2.45, 2.75) is 18.5 Å². The zero-order valence-corrected chi connectivity index (χ0v) is 11.1. The summed E-state index contributed by atoms with van der Waals surface area (Å²) >= 11 is 0. The predicted octanol–water partition coefficient (Wildman–Crippen LogP) is 2.61. The highest BCUT2D eigenvalue weighted by Crippen LogP contribution is 2.27. The Balaban J connectivity index is 1.69. The molecule has 0 spiro atoms. The van der Waals surface area contributed by atoms with Crippen molar-refractivity contribution in [3.8, 4) is 0 Å². The minimum atomic E-state index is 0.242. The second kappa shape index (κ2) is 5.55. The van der Waals surface area contributed by atoms with Gasteiger partial charge in [-0.25, -0.2) is 0 Å². The summed E-state index contributed by atoms with van der Waals surface area (Å²) in [5, 5.41) is 0. The number of nitrogens with two attached hydrogens (primary N) is 1. The molecule has 1 fully saturated rings. The maximum atomic E-state index is 6.31. The Morgan fingerprint density at radius 3 is 2.21 bits per heavy atom. The van der Waals surface area contributed by atoms with Crippen molar-refractivity contribution in [2.24, 2.45) is 5.73 Å². The Morgan fingerprint density at radius 2 is 1.53 bits per heavy atom. The van der Waals surface area contributed by atoms with Crippen molar-refractivity contribution in [1.82, 2.24) is 4.90 Å². The van der Waals surface area contributed by atoms with Crippen LogP contribution in [0.1, 0.15) is 17.0 Å². The van der Waals surface area contributed by atoms with E-state index in [9.17, 15) is 0 Å². The smallest absolute Gasteiger partial charge is 0.0250 e. The second-order valence-electron chi connectivity index (χ2n) is 5.36. The molecule has 0 saturated carbocycles. The Kier molecular flexibility index (Phi) is 3.62. The van der Waals surface area contributed by atoms with E-state index in [4.69, 9.17) is 5.73 Å². The zero-order chi connectivity index (χ0) is 13.1. The van der Waals surface area contributed by atoms with Gasteiger partial charge >= 0.3 is 0 Å². The van der Waals surface area contributed by atoms with Crippen molar-refractivity contribution >= 4 is 0 Å². The van der Waals surface area contributed by atoms with Gasteiger partial charge in [-0.3, -0.25) is 4.90 Å². The van der Waals surface area contributed by atoms with Crippen LogP contribution in [0.25, 0.3) is 0 Å². The van der Waals surface area contributed by atoms with Gasteiger partial charge in [0.05, 0.1) is 0 Å². The van der Waals surface area contributed by atoms with Gasteiger partial charge in [-0.1, -0.05) is 60.7 Å². The van der Waals surface area contributed by atoms with Crippen LogP contribution in [0.2, 0.25) is 0 Å². The van der Waals surface area contributed by atoms with E-state index < -0.39 is 0 Å². The van der Waals surface area contributed by atoms with Crippen molar-refractivity contribution in [1.29, 1.82) is 0 Å². The molecule has 3 rings (SSSR count). The van der Waals surface area contributed by atoms with Gasteiger partial charge in [0.1, 0.15) is 0 Å². The Labute approximate surface area is 114 Å². The minimum Gasteiger partial charge on any atom is -0.326 e. The topological polar surface area (TPSA) is 29.3 Å².